The van der Waals surface area contributed by atoms with Crippen LogP contribution in [-0.2, 0) is 4.79 Å². The van der Waals surface area contributed by atoms with Crippen molar-refractivity contribution in [3.05, 3.63) is 112 Å². The minimum absolute atomic E-state index is 0.0269. The molecule has 1 amide bonds. The molecule has 0 bridgehead atoms. The van der Waals surface area contributed by atoms with Crippen LogP contribution >= 0.6 is 0 Å². The van der Waals surface area contributed by atoms with Crippen LogP contribution in [0.1, 0.15) is 21.5 Å². The van der Waals surface area contributed by atoms with Crippen molar-refractivity contribution in [2.45, 2.75) is 6.92 Å². The molecule has 0 spiro atoms. The maximum atomic E-state index is 12.7. The smallest absolute Gasteiger partial charge is 0.343 e. The van der Waals surface area contributed by atoms with Gasteiger partial charge in [0.25, 0.3) is 5.91 Å². The Hall–Kier alpha value is -5.05. The van der Waals surface area contributed by atoms with Crippen molar-refractivity contribution in [3.63, 3.8) is 0 Å². The van der Waals surface area contributed by atoms with Crippen LogP contribution in [0.2, 0.25) is 0 Å². The van der Waals surface area contributed by atoms with E-state index in [1.54, 1.807) is 24.3 Å². The number of nitro groups is 1. The Labute approximate surface area is 206 Å². The number of hydrazone groups is 1. The third-order valence-electron chi connectivity index (χ3n) is 5.22. The van der Waals surface area contributed by atoms with Crippen molar-refractivity contribution in [1.82, 2.24) is 5.43 Å². The van der Waals surface area contributed by atoms with E-state index in [4.69, 9.17) is 9.47 Å². The second kappa shape index (κ2) is 10.9. The number of carbonyl (C=O) groups is 2. The Bertz CT molecular complexity index is 1460. The van der Waals surface area contributed by atoms with Crippen LogP contribution < -0.4 is 14.9 Å². The van der Waals surface area contributed by atoms with Crippen molar-refractivity contribution >= 4 is 34.6 Å². The number of hydrogen-bond donors (Lipinski definition) is 1. The van der Waals surface area contributed by atoms with E-state index in [0.29, 0.717) is 11.1 Å². The average Bonchev–Trinajstić information content (AvgIpc) is 2.89. The molecular formula is C27H21N3O6. The van der Waals surface area contributed by atoms with Gasteiger partial charge < -0.3 is 9.47 Å². The normalized spacial score (nSPS) is 10.8. The van der Waals surface area contributed by atoms with Crippen molar-refractivity contribution in [2.75, 3.05) is 6.61 Å². The van der Waals surface area contributed by atoms with Gasteiger partial charge in [0.05, 0.1) is 16.7 Å². The van der Waals surface area contributed by atoms with Gasteiger partial charge in [0.15, 0.2) is 12.4 Å². The lowest BCUT2D eigenvalue weighted by Crippen LogP contribution is -2.24. The van der Waals surface area contributed by atoms with Crippen molar-refractivity contribution < 1.29 is 24.0 Å². The monoisotopic (exact) mass is 483 g/mol. The second-order valence-corrected chi connectivity index (χ2v) is 7.76. The van der Waals surface area contributed by atoms with Crippen molar-refractivity contribution in [1.29, 1.82) is 0 Å². The van der Waals surface area contributed by atoms with E-state index in [-0.39, 0.29) is 17.2 Å². The molecule has 0 unspecified atom stereocenters. The molecule has 0 fully saturated rings. The van der Waals surface area contributed by atoms with Crippen LogP contribution in [0, 0.1) is 17.0 Å². The molecular weight excluding hydrogens is 462 g/mol. The minimum atomic E-state index is -0.622. The van der Waals surface area contributed by atoms with Gasteiger partial charge in [-0.3, -0.25) is 14.9 Å². The second-order valence-electron chi connectivity index (χ2n) is 7.76. The first-order chi connectivity index (χ1) is 17.4. The van der Waals surface area contributed by atoms with Gasteiger partial charge in [-0.1, -0.05) is 60.2 Å². The van der Waals surface area contributed by atoms with E-state index < -0.39 is 23.4 Å². The van der Waals surface area contributed by atoms with Gasteiger partial charge in [0.1, 0.15) is 5.75 Å². The molecule has 4 aromatic rings. The molecule has 0 saturated heterocycles. The highest BCUT2D eigenvalue weighted by Gasteiger charge is 2.16. The number of esters is 1. The highest BCUT2D eigenvalue weighted by Crippen LogP contribution is 2.28. The lowest BCUT2D eigenvalue weighted by Gasteiger charge is -2.11. The zero-order valence-electron chi connectivity index (χ0n) is 19.2. The van der Waals surface area contributed by atoms with Gasteiger partial charge in [-0.05, 0) is 42.0 Å². The molecule has 0 aromatic heterocycles. The summed E-state index contributed by atoms with van der Waals surface area (Å²) >= 11 is 0. The third-order valence-corrected chi connectivity index (χ3v) is 5.22. The van der Waals surface area contributed by atoms with Gasteiger partial charge in [0, 0.05) is 11.6 Å². The predicted octanol–water partition coefficient (Wildman–Crippen LogP) is 4.80. The Morgan fingerprint density at radius 2 is 1.67 bits per heavy atom. The number of nitrogens with one attached hydrogen (secondary N) is 1. The summed E-state index contributed by atoms with van der Waals surface area (Å²) in [6, 6.07) is 23.7. The highest BCUT2D eigenvalue weighted by molar-refractivity contribution is 6.04. The zero-order chi connectivity index (χ0) is 25.5. The number of benzene rings is 4. The molecule has 0 atom stereocenters. The first-order valence-electron chi connectivity index (χ1n) is 10.9. The molecule has 1 N–H and O–H groups in total. The molecule has 0 aliphatic carbocycles. The summed E-state index contributed by atoms with van der Waals surface area (Å²) in [5, 5.41) is 16.7. The summed E-state index contributed by atoms with van der Waals surface area (Å²) in [7, 11) is 0. The summed E-state index contributed by atoms with van der Waals surface area (Å²) < 4.78 is 10.9. The molecule has 9 nitrogen and oxygen atoms in total. The third kappa shape index (κ3) is 5.71. The first-order valence-corrected chi connectivity index (χ1v) is 10.9. The number of nitro benzene ring substituents is 1. The molecule has 9 heteroatoms. The molecule has 0 radical (unpaired) electrons. The van der Waals surface area contributed by atoms with Gasteiger partial charge in [-0.25, -0.2) is 10.2 Å². The lowest BCUT2D eigenvalue weighted by atomic mass is 10.0. The Balaban J connectivity index is 1.50. The Morgan fingerprint density at radius 3 is 2.44 bits per heavy atom. The van der Waals surface area contributed by atoms with E-state index in [1.807, 2.05) is 49.4 Å². The summed E-state index contributed by atoms with van der Waals surface area (Å²) in [6.07, 6.45) is 1.38. The largest absolute Gasteiger partial charge is 0.477 e. The fourth-order valence-electron chi connectivity index (χ4n) is 3.42. The van der Waals surface area contributed by atoms with E-state index >= 15 is 0 Å². The van der Waals surface area contributed by atoms with E-state index in [2.05, 4.69) is 10.5 Å². The predicted molar refractivity (Wildman–Crippen MR) is 134 cm³/mol. The van der Waals surface area contributed by atoms with Crippen LogP contribution in [0.25, 0.3) is 10.8 Å². The van der Waals surface area contributed by atoms with E-state index in [0.717, 1.165) is 16.3 Å². The molecule has 0 aliphatic heterocycles. The summed E-state index contributed by atoms with van der Waals surface area (Å²) in [5.74, 6) is -0.904. The van der Waals surface area contributed by atoms with Crippen molar-refractivity contribution in [3.8, 4) is 11.5 Å². The Kier molecular flexibility index (Phi) is 7.30. The fraction of sp³-hybridized carbons (Fsp3) is 0.0741. The number of carbonyl (C=O) groups excluding carboxylic acids is 2. The SMILES string of the molecule is Cc1ccc(C(=O)Oc2ccc3ccccc3c2/C=N/NC(=O)COc2ccccc2[N+](=O)[O-])cc1. The van der Waals surface area contributed by atoms with Crippen LogP contribution in [-0.4, -0.2) is 29.6 Å². The number of amides is 1. The van der Waals surface area contributed by atoms with E-state index in [9.17, 15) is 19.7 Å². The number of hydrogen-bond acceptors (Lipinski definition) is 7. The molecule has 36 heavy (non-hydrogen) atoms. The van der Waals surface area contributed by atoms with Crippen LogP contribution in [0.5, 0.6) is 11.5 Å². The summed E-state index contributed by atoms with van der Waals surface area (Å²) in [4.78, 5) is 35.4. The standard InChI is InChI=1S/C27H21N3O6/c1-18-10-12-20(13-11-18)27(32)36-24-15-14-19-6-2-3-7-21(19)22(24)16-28-29-26(31)17-35-25-9-5-4-8-23(25)30(33)34/h2-16H,17H2,1H3,(H,29,31)/b28-16+. The number of nitrogens with zero attached hydrogens (tertiary/aromatic N) is 2. The molecule has 0 saturated carbocycles. The number of fused-ring (bicyclic) bond motifs is 1. The number of rotatable bonds is 8. The summed E-state index contributed by atoms with van der Waals surface area (Å²) in [5.41, 5.74) is 4.00. The fourth-order valence-corrected chi connectivity index (χ4v) is 3.42. The zero-order valence-corrected chi connectivity index (χ0v) is 19.2. The van der Waals surface area contributed by atoms with Gasteiger partial charge in [-0.2, -0.15) is 5.10 Å². The maximum Gasteiger partial charge on any atom is 0.343 e. The van der Waals surface area contributed by atoms with Gasteiger partial charge in [0.2, 0.25) is 0 Å². The minimum Gasteiger partial charge on any atom is -0.477 e. The van der Waals surface area contributed by atoms with Crippen LogP contribution in [0.3, 0.4) is 0 Å². The first kappa shape index (κ1) is 24.1. The topological polar surface area (TPSA) is 120 Å². The molecule has 180 valence electrons. The summed E-state index contributed by atoms with van der Waals surface area (Å²) in [6.45, 7) is 1.44. The Morgan fingerprint density at radius 1 is 0.944 bits per heavy atom. The maximum absolute atomic E-state index is 12.7. The molecule has 0 aliphatic rings. The van der Waals surface area contributed by atoms with Gasteiger partial charge in [-0.15, -0.1) is 0 Å². The van der Waals surface area contributed by atoms with Gasteiger partial charge >= 0.3 is 11.7 Å². The molecule has 4 aromatic carbocycles. The number of aryl methyl sites for hydroxylation is 1. The highest BCUT2D eigenvalue weighted by atomic mass is 16.6. The lowest BCUT2D eigenvalue weighted by molar-refractivity contribution is -0.385. The molecule has 4 rings (SSSR count). The van der Waals surface area contributed by atoms with Crippen molar-refractivity contribution in [2.24, 2.45) is 5.10 Å². The molecule has 0 heterocycles. The van der Waals surface area contributed by atoms with Crippen LogP contribution in [0.15, 0.2) is 90.0 Å². The van der Waals surface area contributed by atoms with E-state index in [1.165, 1.54) is 24.4 Å². The quantitative estimate of drug-likeness (QED) is 0.126. The average molecular weight is 483 g/mol. The number of para-hydroxylation sites is 2. The van der Waals surface area contributed by atoms with Crippen LogP contribution in [0.4, 0.5) is 5.69 Å². The number of ether oxygens (including phenoxy) is 2.